The summed E-state index contributed by atoms with van der Waals surface area (Å²) < 4.78 is 0. The highest BCUT2D eigenvalue weighted by molar-refractivity contribution is 6.68. The fraction of sp³-hybridized carbons (Fsp3) is 0.500. The predicted octanol–water partition coefficient (Wildman–Crippen LogP) is 1.83. The molecule has 1 aliphatic heterocycles. The van der Waals surface area contributed by atoms with E-state index in [0.717, 1.165) is 6.54 Å². The van der Waals surface area contributed by atoms with E-state index in [4.69, 9.17) is 11.6 Å². The molecule has 0 fully saturated rings. The molecule has 0 radical (unpaired) electrons. The number of hydrogen-bond donors (Lipinski definition) is 0. The van der Waals surface area contributed by atoms with E-state index >= 15 is 0 Å². The molecule has 0 saturated heterocycles. The van der Waals surface area contributed by atoms with E-state index < -0.39 is 0 Å². The van der Waals surface area contributed by atoms with Gasteiger partial charge < -0.3 is 0 Å². The van der Waals surface area contributed by atoms with Crippen molar-refractivity contribution in [3.63, 3.8) is 0 Å². The molecular formula is C6H8ClN. The molecule has 1 heterocycles. The van der Waals surface area contributed by atoms with Crippen LogP contribution in [0.1, 0.15) is 6.92 Å². The maximum absolute atomic E-state index is 5.55. The molecule has 1 nitrogen and oxygen atoms in total. The summed E-state index contributed by atoms with van der Waals surface area (Å²) in [6, 6.07) is 0. The van der Waals surface area contributed by atoms with Crippen molar-refractivity contribution in [1.29, 1.82) is 0 Å². The van der Waals surface area contributed by atoms with Crippen molar-refractivity contribution in [2.45, 2.75) is 6.92 Å². The Hall–Kier alpha value is -0.300. The topological polar surface area (TPSA) is 12.4 Å². The number of rotatable bonds is 0. The van der Waals surface area contributed by atoms with Crippen molar-refractivity contribution < 1.29 is 0 Å². The Labute approximate surface area is 54.1 Å². The Morgan fingerprint density at radius 2 is 2.62 bits per heavy atom. The Bertz CT molecular complexity index is 137. The van der Waals surface area contributed by atoms with Crippen molar-refractivity contribution in [1.82, 2.24) is 0 Å². The molecule has 0 aromatic heterocycles. The summed E-state index contributed by atoms with van der Waals surface area (Å²) in [6.07, 6.45) is 3.91. The number of dihydropyridines is 1. The predicted molar refractivity (Wildman–Crippen MR) is 36.5 cm³/mol. The van der Waals surface area contributed by atoms with E-state index in [1.54, 1.807) is 0 Å². The Morgan fingerprint density at radius 1 is 1.88 bits per heavy atom. The van der Waals surface area contributed by atoms with Gasteiger partial charge in [0, 0.05) is 6.54 Å². The molecule has 1 rings (SSSR count). The molecule has 0 saturated carbocycles. The zero-order valence-corrected chi connectivity index (χ0v) is 5.52. The molecule has 0 aliphatic carbocycles. The van der Waals surface area contributed by atoms with Crippen LogP contribution in [-0.2, 0) is 0 Å². The summed E-state index contributed by atoms with van der Waals surface area (Å²) in [5.74, 6) is 0.567. The van der Waals surface area contributed by atoms with Gasteiger partial charge >= 0.3 is 0 Å². The van der Waals surface area contributed by atoms with Gasteiger partial charge in [-0.3, -0.25) is 4.99 Å². The van der Waals surface area contributed by atoms with Crippen LogP contribution in [0.25, 0.3) is 0 Å². The molecule has 0 spiro atoms. The quantitative estimate of drug-likeness (QED) is 0.473. The normalized spacial score (nSPS) is 27.8. The van der Waals surface area contributed by atoms with Gasteiger partial charge in [0.2, 0.25) is 0 Å². The van der Waals surface area contributed by atoms with Gasteiger partial charge in [-0.15, -0.1) is 0 Å². The second-order valence-electron chi connectivity index (χ2n) is 2.00. The number of allylic oxidation sites excluding steroid dienone is 1. The van der Waals surface area contributed by atoms with Crippen LogP contribution in [0.15, 0.2) is 17.1 Å². The Morgan fingerprint density at radius 3 is 3.00 bits per heavy atom. The lowest BCUT2D eigenvalue weighted by Gasteiger charge is -2.05. The first-order valence-corrected chi connectivity index (χ1v) is 3.05. The highest BCUT2D eigenvalue weighted by Gasteiger charge is 2.00. The molecule has 0 unspecified atom stereocenters. The molecule has 8 heavy (non-hydrogen) atoms. The van der Waals surface area contributed by atoms with Crippen LogP contribution in [0.4, 0.5) is 0 Å². The van der Waals surface area contributed by atoms with E-state index in [2.05, 4.69) is 18.0 Å². The van der Waals surface area contributed by atoms with Crippen LogP contribution >= 0.6 is 11.6 Å². The lowest BCUT2D eigenvalue weighted by Crippen LogP contribution is -2.01. The minimum Gasteiger partial charge on any atom is -0.273 e. The molecule has 1 aliphatic rings. The molecular weight excluding hydrogens is 122 g/mol. The van der Waals surface area contributed by atoms with Crippen molar-refractivity contribution >= 4 is 16.8 Å². The SMILES string of the molecule is C[C@H]1C=CC(Cl)=NC1. The summed E-state index contributed by atoms with van der Waals surface area (Å²) >= 11 is 5.55. The molecule has 1 atom stereocenters. The van der Waals surface area contributed by atoms with Crippen LogP contribution in [0.3, 0.4) is 0 Å². The number of nitrogens with zero attached hydrogens (tertiary/aromatic N) is 1. The molecule has 0 aromatic rings. The first-order valence-electron chi connectivity index (χ1n) is 2.67. The van der Waals surface area contributed by atoms with Gasteiger partial charge in [-0.05, 0) is 12.0 Å². The summed E-state index contributed by atoms with van der Waals surface area (Å²) in [5, 5.41) is 0.628. The molecule has 0 aromatic carbocycles. The molecule has 0 amide bonds. The van der Waals surface area contributed by atoms with Gasteiger partial charge in [0.15, 0.2) is 0 Å². The van der Waals surface area contributed by atoms with Crippen molar-refractivity contribution in [3.05, 3.63) is 12.2 Å². The van der Waals surface area contributed by atoms with Crippen LogP contribution in [0.2, 0.25) is 0 Å². The summed E-state index contributed by atoms with van der Waals surface area (Å²) in [6.45, 7) is 2.96. The van der Waals surface area contributed by atoms with Gasteiger partial charge in [-0.2, -0.15) is 0 Å². The van der Waals surface area contributed by atoms with E-state index in [1.807, 2.05) is 6.08 Å². The zero-order valence-electron chi connectivity index (χ0n) is 4.76. The molecule has 0 bridgehead atoms. The van der Waals surface area contributed by atoms with Crippen molar-refractivity contribution in [2.24, 2.45) is 10.9 Å². The van der Waals surface area contributed by atoms with E-state index in [9.17, 15) is 0 Å². The van der Waals surface area contributed by atoms with Crippen LogP contribution < -0.4 is 0 Å². The first-order chi connectivity index (χ1) is 3.79. The highest BCUT2D eigenvalue weighted by Crippen LogP contribution is 2.05. The van der Waals surface area contributed by atoms with Gasteiger partial charge in [0.25, 0.3) is 0 Å². The lowest BCUT2D eigenvalue weighted by atomic mass is 10.1. The largest absolute Gasteiger partial charge is 0.273 e. The van der Waals surface area contributed by atoms with Crippen molar-refractivity contribution in [2.75, 3.05) is 6.54 Å². The Kier molecular flexibility index (Phi) is 1.69. The summed E-state index contributed by atoms with van der Waals surface area (Å²) in [7, 11) is 0. The van der Waals surface area contributed by atoms with Crippen LogP contribution in [0, 0.1) is 5.92 Å². The Balaban J connectivity index is 2.58. The van der Waals surface area contributed by atoms with Crippen LogP contribution in [0.5, 0.6) is 0 Å². The minimum atomic E-state index is 0.567. The minimum absolute atomic E-state index is 0.567. The third-order valence-electron chi connectivity index (χ3n) is 1.09. The monoisotopic (exact) mass is 129 g/mol. The fourth-order valence-corrected chi connectivity index (χ4v) is 0.730. The third kappa shape index (κ3) is 1.34. The summed E-state index contributed by atoms with van der Waals surface area (Å²) in [4.78, 5) is 4.01. The van der Waals surface area contributed by atoms with E-state index in [-0.39, 0.29) is 0 Å². The van der Waals surface area contributed by atoms with Crippen LogP contribution in [-0.4, -0.2) is 11.7 Å². The summed E-state index contributed by atoms with van der Waals surface area (Å²) in [5.41, 5.74) is 0. The smallest absolute Gasteiger partial charge is 0.123 e. The lowest BCUT2D eigenvalue weighted by molar-refractivity contribution is 0.736. The van der Waals surface area contributed by atoms with E-state index in [1.165, 1.54) is 0 Å². The fourth-order valence-electron chi connectivity index (χ4n) is 0.588. The average molecular weight is 130 g/mol. The number of halogens is 1. The zero-order chi connectivity index (χ0) is 5.98. The first kappa shape index (κ1) is 5.83. The number of aliphatic imine (C=N–C) groups is 1. The van der Waals surface area contributed by atoms with Crippen molar-refractivity contribution in [3.8, 4) is 0 Å². The molecule has 0 N–H and O–H groups in total. The molecule has 2 heteroatoms. The third-order valence-corrected chi connectivity index (χ3v) is 1.34. The van der Waals surface area contributed by atoms with Gasteiger partial charge in [0.05, 0.1) is 0 Å². The van der Waals surface area contributed by atoms with E-state index in [0.29, 0.717) is 11.1 Å². The van der Waals surface area contributed by atoms with Gasteiger partial charge in [-0.1, -0.05) is 24.6 Å². The highest BCUT2D eigenvalue weighted by atomic mass is 35.5. The van der Waals surface area contributed by atoms with Gasteiger partial charge in [0.1, 0.15) is 5.17 Å². The maximum Gasteiger partial charge on any atom is 0.123 e. The maximum atomic E-state index is 5.55. The van der Waals surface area contributed by atoms with Gasteiger partial charge in [-0.25, -0.2) is 0 Å². The number of hydrogen-bond acceptors (Lipinski definition) is 1. The standard InChI is InChI=1S/C6H8ClN/c1-5-2-3-6(7)8-4-5/h2-3,5H,4H2,1H3/t5-/m0/s1. The second kappa shape index (κ2) is 2.31. The molecule has 44 valence electrons. The average Bonchev–Trinajstić information content (AvgIpc) is 1.77. The second-order valence-corrected chi connectivity index (χ2v) is 2.39.